The molecular weight excluding hydrogens is 395 g/mol. The second-order valence-electron chi connectivity index (χ2n) is 6.24. The van der Waals surface area contributed by atoms with Crippen molar-refractivity contribution in [3.8, 4) is 0 Å². The molecule has 1 aliphatic heterocycles. The number of piperazine rings is 1. The van der Waals surface area contributed by atoms with E-state index in [1.54, 1.807) is 9.80 Å². The zero-order valence-electron chi connectivity index (χ0n) is 13.1. The fourth-order valence-electron chi connectivity index (χ4n) is 2.22. The summed E-state index contributed by atoms with van der Waals surface area (Å²) >= 11 is 2.17. The summed E-state index contributed by atoms with van der Waals surface area (Å²) in [6, 6.07) is 7.54. The third-order valence-electron chi connectivity index (χ3n) is 3.32. The molecule has 6 heteroatoms. The normalized spacial score (nSPS) is 15.6. The van der Waals surface area contributed by atoms with Crippen LogP contribution in [0.2, 0.25) is 0 Å². The molecule has 0 N–H and O–H groups in total. The van der Waals surface area contributed by atoms with Crippen molar-refractivity contribution in [2.24, 2.45) is 0 Å². The third kappa shape index (κ3) is 4.34. The number of halogens is 1. The number of benzene rings is 1. The molecule has 0 bridgehead atoms. The fraction of sp³-hybridized carbons (Fsp3) is 0.500. The molecular formula is C16H21IN2O3. The van der Waals surface area contributed by atoms with Gasteiger partial charge in [-0.15, -0.1) is 0 Å². The predicted molar refractivity (Wildman–Crippen MR) is 92.9 cm³/mol. The van der Waals surface area contributed by atoms with Crippen LogP contribution < -0.4 is 0 Å². The predicted octanol–water partition coefficient (Wildman–Crippen LogP) is 2.98. The van der Waals surface area contributed by atoms with Crippen molar-refractivity contribution in [1.82, 2.24) is 9.80 Å². The maximum Gasteiger partial charge on any atom is 0.410 e. The van der Waals surface area contributed by atoms with Crippen molar-refractivity contribution < 1.29 is 14.3 Å². The molecule has 1 fully saturated rings. The molecule has 0 aromatic heterocycles. The fourth-order valence-corrected chi connectivity index (χ4v) is 2.84. The molecule has 1 saturated heterocycles. The maximum atomic E-state index is 12.5. The van der Waals surface area contributed by atoms with E-state index in [1.807, 2.05) is 45.0 Å². The van der Waals surface area contributed by atoms with Gasteiger partial charge in [-0.1, -0.05) is 12.1 Å². The number of carbonyl (C=O) groups excluding carboxylic acids is 2. The van der Waals surface area contributed by atoms with Crippen LogP contribution in [0.4, 0.5) is 4.79 Å². The van der Waals surface area contributed by atoms with Gasteiger partial charge in [0.1, 0.15) is 5.60 Å². The van der Waals surface area contributed by atoms with Crippen molar-refractivity contribution in [2.45, 2.75) is 26.4 Å². The largest absolute Gasteiger partial charge is 0.444 e. The minimum Gasteiger partial charge on any atom is -0.444 e. The molecule has 1 heterocycles. The first-order chi connectivity index (χ1) is 10.3. The van der Waals surface area contributed by atoms with E-state index in [4.69, 9.17) is 4.74 Å². The van der Waals surface area contributed by atoms with Gasteiger partial charge in [0.15, 0.2) is 0 Å². The van der Waals surface area contributed by atoms with E-state index in [1.165, 1.54) is 0 Å². The Morgan fingerprint density at radius 1 is 1.05 bits per heavy atom. The van der Waals surface area contributed by atoms with Crippen molar-refractivity contribution in [2.75, 3.05) is 26.2 Å². The summed E-state index contributed by atoms with van der Waals surface area (Å²) in [4.78, 5) is 28.0. The first-order valence-corrected chi connectivity index (χ1v) is 8.37. The van der Waals surface area contributed by atoms with Gasteiger partial charge in [-0.3, -0.25) is 4.79 Å². The Morgan fingerprint density at radius 2 is 1.59 bits per heavy atom. The van der Waals surface area contributed by atoms with Gasteiger partial charge in [0.25, 0.3) is 5.91 Å². The molecule has 22 heavy (non-hydrogen) atoms. The number of ether oxygens (including phenoxy) is 1. The lowest BCUT2D eigenvalue weighted by Crippen LogP contribution is -2.51. The van der Waals surface area contributed by atoms with Gasteiger partial charge in [-0.05, 0) is 55.5 Å². The lowest BCUT2D eigenvalue weighted by molar-refractivity contribution is 0.0141. The van der Waals surface area contributed by atoms with Crippen LogP contribution in [0.1, 0.15) is 31.1 Å². The van der Waals surface area contributed by atoms with Gasteiger partial charge in [0, 0.05) is 29.7 Å². The summed E-state index contributed by atoms with van der Waals surface area (Å²) < 4.78 is 6.30. The SMILES string of the molecule is CC(C)(C)OC(=O)N1CCN(C(=O)c2ccccc2I)CC1. The monoisotopic (exact) mass is 416 g/mol. The third-order valence-corrected chi connectivity index (χ3v) is 4.26. The second-order valence-corrected chi connectivity index (χ2v) is 7.40. The zero-order valence-corrected chi connectivity index (χ0v) is 15.3. The molecule has 2 rings (SSSR count). The van der Waals surface area contributed by atoms with Crippen molar-refractivity contribution in [3.63, 3.8) is 0 Å². The smallest absolute Gasteiger partial charge is 0.410 e. The number of rotatable bonds is 1. The second kappa shape index (κ2) is 6.85. The molecule has 120 valence electrons. The lowest BCUT2D eigenvalue weighted by Gasteiger charge is -2.35. The van der Waals surface area contributed by atoms with E-state index in [-0.39, 0.29) is 12.0 Å². The van der Waals surface area contributed by atoms with Gasteiger partial charge in [-0.2, -0.15) is 0 Å². The van der Waals surface area contributed by atoms with Crippen LogP contribution in [0.3, 0.4) is 0 Å². The Balaban J connectivity index is 1.94. The molecule has 0 radical (unpaired) electrons. The van der Waals surface area contributed by atoms with Gasteiger partial charge in [-0.25, -0.2) is 4.79 Å². The molecule has 0 aliphatic carbocycles. The molecule has 0 unspecified atom stereocenters. The van der Waals surface area contributed by atoms with Crippen LogP contribution in [-0.4, -0.2) is 53.6 Å². The number of amides is 2. The van der Waals surface area contributed by atoms with Crippen LogP contribution in [0.5, 0.6) is 0 Å². The molecule has 0 atom stereocenters. The highest BCUT2D eigenvalue weighted by molar-refractivity contribution is 14.1. The molecule has 0 spiro atoms. The van der Waals surface area contributed by atoms with Crippen LogP contribution >= 0.6 is 22.6 Å². The van der Waals surface area contributed by atoms with Gasteiger partial charge >= 0.3 is 6.09 Å². The van der Waals surface area contributed by atoms with E-state index in [2.05, 4.69) is 22.6 Å². The van der Waals surface area contributed by atoms with Gasteiger partial charge in [0.2, 0.25) is 0 Å². The number of hydrogen-bond donors (Lipinski definition) is 0. The molecule has 2 amide bonds. The Labute approximate surface area is 144 Å². The standard InChI is InChI=1S/C16H21IN2O3/c1-16(2,3)22-15(21)19-10-8-18(9-11-19)14(20)12-6-4-5-7-13(12)17/h4-7H,8-11H2,1-3H3. The maximum absolute atomic E-state index is 12.5. The summed E-state index contributed by atoms with van der Waals surface area (Å²) in [6.07, 6.45) is -0.311. The number of nitrogens with zero attached hydrogens (tertiary/aromatic N) is 2. The summed E-state index contributed by atoms with van der Waals surface area (Å²) in [5.74, 6) is 0.0221. The summed E-state index contributed by atoms with van der Waals surface area (Å²) in [6.45, 7) is 7.62. The topological polar surface area (TPSA) is 49.9 Å². The quantitative estimate of drug-likeness (QED) is 0.662. The first-order valence-electron chi connectivity index (χ1n) is 7.29. The van der Waals surface area contributed by atoms with Crippen LogP contribution in [-0.2, 0) is 4.74 Å². The molecule has 1 aromatic carbocycles. The van der Waals surface area contributed by atoms with E-state index < -0.39 is 5.60 Å². The average molecular weight is 416 g/mol. The summed E-state index contributed by atoms with van der Waals surface area (Å²) in [7, 11) is 0. The van der Waals surface area contributed by atoms with E-state index >= 15 is 0 Å². The van der Waals surface area contributed by atoms with Crippen molar-refractivity contribution in [1.29, 1.82) is 0 Å². The number of hydrogen-bond acceptors (Lipinski definition) is 3. The molecule has 5 nitrogen and oxygen atoms in total. The average Bonchev–Trinajstić information content (AvgIpc) is 2.45. The minimum absolute atomic E-state index is 0.0221. The lowest BCUT2D eigenvalue weighted by atomic mass is 10.2. The highest BCUT2D eigenvalue weighted by Gasteiger charge is 2.28. The van der Waals surface area contributed by atoms with Gasteiger partial charge < -0.3 is 14.5 Å². The Bertz CT molecular complexity index is 561. The van der Waals surface area contributed by atoms with Crippen LogP contribution in [0, 0.1) is 3.57 Å². The summed E-state index contributed by atoms with van der Waals surface area (Å²) in [5.41, 5.74) is 0.221. The Kier molecular flexibility index (Phi) is 5.31. The minimum atomic E-state index is -0.496. The Hall–Kier alpha value is -1.31. The highest BCUT2D eigenvalue weighted by Crippen LogP contribution is 2.16. The Morgan fingerprint density at radius 3 is 2.14 bits per heavy atom. The molecule has 0 saturated carbocycles. The summed E-state index contributed by atoms with van der Waals surface area (Å²) in [5, 5.41) is 0. The van der Waals surface area contributed by atoms with Crippen LogP contribution in [0.25, 0.3) is 0 Å². The van der Waals surface area contributed by atoms with Gasteiger partial charge in [0.05, 0.1) is 5.56 Å². The van der Waals surface area contributed by atoms with E-state index in [0.29, 0.717) is 31.7 Å². The van der Waals surface area contributed by atoms with E-state index in [9.17, 15) is 9.59 Å². The molecule has 1 aliphatic rings. The molecule has 1 aromatic rings. The first kappa shape index (κ1) is 17.1. The number of carbonyl (C=O) groups is 2. The van der Waals surface area contributed by atoms with E-state index in [0.717, 1.165) is 3.57 Å². The van der Waals surface area contributed by atoms with Crippen molar-refractivity contribution in [3.05, 3.63) is 33.4 Å². The zero-order chi connectivity index (χ0) is 16.3. The van der Waals surface area contributed by atoms with Crippen molar-refractivity contribution >= 4 is 34.6 Å². The highest BCUT2D eigenvalue weighted by atomic mass is 127. The van der Waals surface area contributed by atoms with Crippen LogP contribution in [0.15, 0.2) is 24.3 Å².